The molecule has 0 saturated carbocycles. The molecule has 1 aliphatic heterocycles. The Morgan fingerprint density at radius 3 is 2.12 bits per heavy atom. The van der Waals surface area contributed by atoms with Crippen LogP contribution in [0.3, 0.4) is 0 Å². The standard InChI is InChI=1S/C34H31N3O4S/c1-35(2)27-20-16-24(17-21-27)10-9-11-25-18-19-26(22-30-33(40)36(23-31(38)39)34(42)41-30)32(25)37(28-12-5-3-6-13-28)29-14-7-4-8-15-29/h3-17,20-22H,18-19,23H2,1-2H3,(H,38,39)/b10-9+,25-11+,30-22+. The Morgan fingerprint density at radius 2 is 1.55 bits per heavy atom. The van der Waals surface area contributed by atoms with E-state index in [9.17, 15) is 14.7 Å². The number of carbonyl (C=O) groups excluding carboxylic acids is 1. The number of benzene rings is 3. The SMILES string of the molecule is CN(C)c1ccc(/C=C/C=C2\CCC(/C=C3/OC(=S)N(CC(=O)O)C3=O)=C2N(c2ccccc2)c2ccccc2)cc1. The molecule has 1 saturated heterocycles. The summed E-state index contributed by atoms with van der Waals surface area (Å²) in [5.41, 5.74) is 7.07. The fraction of sp³-hybridized carbons (Fsp3) is 0.147. The van der Waals surface area contributed by atoms with Crippen molar-refractivity contribution in [3.8, 4) is 0 Å². The number of para-hydroxylation sites is 2. The van der Waals surface area contributed by atoms with E-state index in [1.807, 2.05) is 80.8 Å². The first-order chi connectivity index (χ1) is 20.3. The lowest BCUT2D eigenvalue weighted by Crippen LogP contribution is -2.33. The zero-order chi connectivity index (χ0) is 29.6. The fourth-order valence-electron chi connectivity index (χ4n) is 4.95. The Bertz CT molecular complexity index is 1570. The first-order valence-electron chi connectivity index (χ1n) is 13.6. The molecule has 7 nitrogen and oxygen atoms in total. The van der Waals surface area contributed by atoms with Gasteiger partial charge < -0.3 is 19.6 Å². The minimum Gasteiger partial charge on any atom is -0.480 e. The molecular formula is C34H31N3O4S. The molecule has 8 heteroatoms. The Balaban J connectivity index is 1.59. The number of nitrogens with zero attached hydrogens (tertiary/aromatic N) is 3. The van der Waals surface area contributed by atoms with E-state index in [0.29, 0.717) is 6.42 Å². The van der Waals surface area contributed by atoms with Crippen LogP contribution < -0.4 is 9.80 Å². The molecule has 3 aromatic carbocycles. The highest BCUT2D eigenvalue weighted by atomic mass is 32.1. The van der Waals surface area contributed by atoms with Gasteiger partial charge in [0.25, 0.3) is 11.1 Å². The van der Waals surface area contributed by atoms with E-state index in [4.69, 9.17) is 17.0 Å². The van der Waals surface area contributed by atoms with Crippen LogP contribution in [0.25, 0.3) is 6.08 Å². The van der Waals surface area contributed by atoms with Crippen molar-refractivity contribution in [1.82, 2.24) is 4.90 Å². The average molecular weight is 578 g/mol. The molecule has 5 rings (SSSR count). The van der Waals surface area contributed by atoms with E-state index in [0.717, 1.165) is 50.8 Å². The van der Waals surface area contributed by atoms with Gasteiger partial charge in [-0.25, -0.2) is 0 Å². The molecule has 1 amide bonds. The maximum atomic E-state index is 13.0. The van der Waals surface area contributed by atoms with Gasteiger partial charge in [-0.2, -0.15) is 0 Å². The highest BCUT2D eigenvalue weighted by molar-refractivity contribution is 7.80. The van der Waals surface area contributed by atoms with Crippen LogP contribution >= 0.6 is 12.2 Å². The van der Waals surface area contributed by atoms with Crippen molar-refractivity contribution in [3.63, 3.8) is 0 Å². The molecule has 0 spiro atoms. The van der Waals surface area contributed by atoms with Crippen molar-refractivity contribution in [2.45, 2.75) is 12.8 Å². The zero-order valence-electron chi connectivity index (χ0n) is 23.4. The Morgan fingerprint density at radius 1 is 0.929 bits per heavy atom. The molecule has 1 fully saturated rings. The quantitative estimate of drug-likeness (QED) is 0.224. The predicted molar refractivity (Wildman–Crippen MR) is 170 cm³/mol. The number of anilines is 3. The molecular weight excluding hydrogens is 546 g/mol. The highest BCUT2D eigenvalue weighted by Gasteiger charge is 2.36. The molecule has 1 heterocycles. The van der Waals surface area contributed by atoms with Gasteiger partial charge in [0.15, 0.2) is 5.76 Å². The summed E-state index contributed by atoms with van der Waals surface area (Å²) >= 11 is 5.17. The summed E-state index contributed by atoms with van der Waals surface area (Å²) in [7, 11) is 4.03. The topological polar surface area (TPSA) is 73.3 Å². The normalized spacial score (nSPS) is 17.0. The Kier molecular flexibility index (Phi) is 8.64. The number of allylic oxidation sites excluding steroid dienone is 5. The lowest BCUT2D eigenvalue weighted by molar-refractivity contribution is -0.140. The Hall–Kier alpha value is -4.95. The van der Waals surface area contributed by atoms with E-state index in [2.05, 4.69) is 46.2 Å². The van der Waals surface area contributed by atoms with Gasteiger partial charge in [0, 0.05) is 31.2 Å². The first kappa shape index (κ1) is 28.6. The monoisotopic (exact) mass is 577 g/mol. The summed E-state index contributed by atoms with van der Waals surface area (Å²) in [5.74, 6) is -1.70. The number of hydrogen-bond donors (Lipinski definition) is 1. The molecule has 0 unspecified atom stereocenters. The molecule has 0 aromatic heterocycles. The number of thiocarbonyl (C=S) groups is 1. The summed E-state index contributed by atoms with van der Waals surface area (Å²) in [5, 5.41) is 9.07. The van der Waals surface area contributed by atoms with Gasteiger partial charge in [0.05, 0.1) is 5.70 Å². The number of hydrogen-bond acceptors (Lipinski definition) is 6. The van der Waals surface area contributed by atoms with Gasteiger partial charge in [0.2, 0.25) is 0 Å². The number of amides is 1. The Labute approximate surface area is 250 Å². The molecule has 212 valence electrons. The third kappa shape index (κ3) is 6.34. The molecule has 0 radical (unpaired) electrons. The van der Waals surface area contributed by atoms with Crippen LogP contribution in [0.1, 0.15) is 18.4 Å². The number of aliphatic carboxylic acids is 1. The van der Waals surface area contributed by atoms with Crippen molar-refractivity contribution < 1.29 is 19.4 Å². The van der Waals surface area contributed by atoms with Gasteiger partial charge >= 0.3 is 5.97 Å². The van der Waals surface area contributed by atoms with Crippen LogP contribution in [-0.2, 0) is 14.3 Å². The van der Waals surface area contributed by atoms with Crippen LogP contribution in [0.5, 0.6) is 0 Å². The van der Waals surface area contributed by atoms with Crippen LogP contribution in [0, 0.1) is 0 Å². The smallest absolute Gasteiger partial charge is 0.323 e. The van der Waals surface area contributed by atoms with Crippen molar-refractivity contribution in [3.05, 3.63) is 131 Å². The minimum absolute atomic E-state index is 0.0209. The highest BCUT2D eigenvalue weighted by Crippen LogP contribution is 2.42. The van der Waals surface area contributed by atoms with E-state index in [-0.39, 0.29) is 10.9 Å². The molecule has 1 N–H and O–H groups in total. The largest absolute Gasteiger partial charge is 0.480 e. The van der Waals surface area contributed by atoms with E-state index in [1.54, 1.807) is 6.08 Å². The lowest BCUT2D eigenvalue weighted by atomic mass is 10.1. The van der Waals surface area contributed by atoms with Gasteiger partial charge in [0.1, 0.15) is 6.54 Å². The summed E-state index contributed by atoms with van der Waals surface area (Å²) in [4.78, 5) is 29.5. The number of ether oxygens (including phenoxy) is 1. The zero-order valence-corrected chi connectivity index (χ0v) is 24.3. The molecule has 42 heavy (non-hydrogen) atoms. The second kappa shape index (κ2) is 12.7. The second-order valence-corrected chi connectivity index (χ2v) is 10.4. The van der Waals surface area contributed by atoms with Gasteiger partial charge in [-0.05, 0) is 84.2 Å². The molecule has 0 bridgehead atoms. The third-order valence-electron chi connectivity index (χ3n) is 6.99. The van der Waals surface area contributed by atoms with Crippen LogP contribution in [0.2, 0.25) is 0 Å². The van der Waals surface area contributed by atoms with Gasteiger partial charge in [-0.15, -0.1) is 0 Å². The van der Waals surface area contributed by atoms with Crippen LogP contribution in [0.15, 0.2) is 126 Å². The number of carboxylic acids is 1. The van der Waals surface area contributed by atoms with Gasteiger partial charge in [-0.1, -0.05) is 66.8 Å². The summed E-state index contributed by atoms with van der Waals surface area (Å²) in [6.45, 7) is -0.549. The molecule has 3 aromatic rings. The predicted octanol–water partition coefficient (Wildman–Crippen LogP) is 6.69. The molecule has 1 aliphatic carbocycles. The third-order valence-corrected chi connectivity index (χ3v) is 7.30. The number of carbonyl (C=O) groups is 2. The van der Waals surface area contributed by atoms with Crippen molar-refractivity contribution in [1.29, 1.82) is 0 Å². The van der Waals surface area contributed by atoms with Crippen LogP contribution in [-0.4, -0.2) is 47.7 Å². The van der Waals surface area contributed by atoms with Crippen molar-refractivity contribution in [2.75, 3.05) is 30.4 Å². The first-order valence-corrected chi connectivity index (χ1v) is 14.0. The van der Waals surface area contributed by atoms with E-state index < -0.39 is 18.4 Å². The van der Waals surface area contributed by atoms with Crippen molar-refractivity contribution in [2.24, 2.45) is 0 Å². The second-order valence-electron chi connectivity index (χ2n) is 10.1. The average Bonchev–Trinajstić information content (AvgIpc) is 3.49. The maximum absolute atomic E-state index is 13.0. The summed E-state index contributed by atoms with van der Waals surface area (Å²) in [6.07, 6.45) is 9.33. The summed E-state index contributed by atoms with van der Waals surface area (Å²) < 4.78 is 5.61. The summed E-state index contributed by atoms with van der Waals surface area (Å²) in [6, 6.07) is 28.4. The number of carboxylic acid groups (broad SMARTS) is 1. The molecule has 0 atom stereocenters. The lowest BCUT2D eigenvalue weighted by Gasteiger charge is -2.28. The van der Waals surface area contributed by atoms with Gasteiger partial charge in [-0.3, -0.25) is 14.5 Å². The van der Waals surface area contributed by atoms with E-state index >= 15 is 0 Å². The fourth-order valence-corrected chi connectivity index (χ4v) is 5.19. The van der Waals surface area contributed by atoms with Crippen LogP contribution in [0.4, 0.5) is 17.1 Å². The molecule has 2 aliphatic rings. The number of rotatable bonds is 9. The maximum Gasteiger partial charge on any atom is 0.323 e. The van der Waals surface area contributed by atoms with E-state index in [1.165, 1.54) is 0 Å². The minimum atomic E-state index is -1.16. The van der Waals surface area contributed by atoms with Crippen molar-refractivity contribution >= 4 is 52.4 Å².